The van der Waals surface area contributed by atoms with Crippen molar-refractivity contribution in [3.05, 3.63) is 225 Å². The van der Waals surface area contributed by atoms with Gasteiger partial charge in [0.1, 0.15) is 0 Å². The molecule has 0 radical (unpaired) electrons. The van der Waals surface area contributed by atoms with Crippen molar-refractivity contribution in [1.82, 2.24) is 0 Å². The number of hydrogen-bond donors (Lipinski definition) is 0. The van der Waals surface area contributed by atoms with Gasteiger partial charge in [0, 0.05) is 42.3 Å². The van der Waals surface area contributed by atoms with Gasteiger partial charge in [0.2, 0.25) is 0 Å². The minimum absolute atomic E-state index is 0.110. The highest BCUT2D eigenvalue weighted by Gasteiger charge is 2.35. The van der Waals surface area contributed by atoms with Crippen molar-refractivity contribution < 1.29 is 0 Å². The summed E-state index contributed by atoms with van der Waals surface area (Å²) in [7, 11) is 4.32. The predicted molar refractivity (Wildman–Crippen MR) is 272 cm³/mol. The van der Waals surface area contributed by atoms with Crippen molar-refractivity contribution >= 4 is 71.4 Å². The Balaban J connectivity index is 0.774. The van der Waals surface area contributed by atoms with Gasteiger partial charge in [-0.3, -0.25) is 0 Å². The van der Waals surface area contributed by atoms with E-state index in [1.807, 2.05) is 0 Å². The lowest BCUT2D eigenvalue weighted by Crippen LogP contribution is -2.15. The summed E-state index contributed by atoms with van der Waals surface area (Å²) in [6, 6.07) is 62.4. The van der Waals surface area contributed by atoms with Crippen LogP contribution in [0.15, 0.2) is 170 Å². The SMILES string of the molecule is CN1c2ccccc2C=Cc2ccc(-c3ccc(/C=C/c4ccc5c(c4)C(C)(C)c4cc(/C=C/c6ccc(-c7ccc8c(c7)N(C)c7ccccc7C=C8)cc6)ccc4-5)cc3)cc21. The molecule has 0 atom stereocenters. The van der Waals surface area contributed by atoms with Crippen LogP contribution in [0.4, 0.5) is 22.7 Å². The van der Waals surface area contributed by atoms with Crippen LogP contribution in [0.25, 0.3) is 82.0 Å². The summed E-state index contributed by atoms with van der Waals surface area (Å²) in [5.74, 6) is 0. The molecule has 2 heterocycles. The van der Waals surface area contributed by atoms with Crippen LogP contribution in [0, 0.1) is 0 Å². The van der Waals surface area contributed by atoms with Crippen LogP contribution in [0.2, 0.25) is 0 Å². The second-order valence-corrected chi connectivity index (χ2v) is 17.6. The molecule has 0 saturated carbocycles. The molecule has 0 aromatic heterocycles. The molecule has 1 aliphatic carbocycles. The molecule has 2 heteroatoms. The molecular formula is C61H48N2. The van der Waals surface area contributed by atoms with E-state index in [-0.39, 0.29) is 5.41 Å². The van der Waals surface area contributed by atoms with Gasteiger partial charge < -0.3 is 9.80 Å². The zero-order valence-electron chi connectivity index (χ0n) is 36.2. The summed E-state index contributed by atoms with van der Waals surface area (Å²) in [6.45, 7) is 4.72. The van der Waals surface area contributed by atoms with Gasteiger partial charge in [0.25, 0.3) is 0 Å². The van der Waals surface area contributed by atoms with E-state index < -0.39 is 0 Å². The van der Waals surface area contributed by atoms with Crippen LogP contribution in [0.1, 0.15) is 69.5 Å². The second kappa shape index (κ2) is 15.3. The van der Waals surface area contributed by atoms with Gasteiger partial charge in [-0.25, -0.2) is 0 Å². The molecule has 0 fully saturated rings. The van der Waals surface area contributed by atoms with Gasteiger partial charge in [0.15, 0.2) is 0 Å². The number of para-hydroxylation sites is 2. The third-order valence-corrected chi connectivity index (χ3v) is 13.4. The van der Waals surface area contributed by atoms with Crippen LogP contribution in [0.3, 0.4) is 0 Å². The molecule has 3 aliphatic rings. The molecule has 2 nitrogen and oxygen atoms in total. The Hall–Kier alpha value is -7.68. The van der Waals surface area contributed by atoms with Gasteiger partial charge in [-0.1, -0.05) is 208 Å². The van der Waals surface area contributed by atoms with E-state index in [1.165, 1.54) is 112 Å². The summed E-state index contributed by atoms with van der Waals surface area (Å²) >= 11 is 0. The molecule has 2 aliphatic heterocycles. The molecule has 63 heavy (non-hydrogen) atoms. The first-order valence-electron chi connectivity index (χ1n) is 21.9. The lowest BCUT2D eigenvalue weighted by Gasteiger charge is -2.22. The lowest BCUT2D eigenvalue weighted by molar-refractivity contribution is 0.660. The van der Waals surface area contributed by atoms with Crippen LogP contribution >= 0.6 is 0 Å². The molecule has 0 N–H and O–H groups in total. The summed E-state index contributed by atoms with van der Waals surface area (Å²) in [4.78, 5) is 4.60. The summed E-state index contributed by atoms with van der Waals surface area (Å²) in [5.41, 5.74) is 24.7. The Morgan fingerprint density at radius 2 is 0.683 bits per heavy atom. The first kappa shape index (κ1) is 38.3. The zero-order valence-corrected chi connectivity index (χ0v) is 36.2. The maximum atomic E-state index is 2.38. The van der Waals surface area contributed by atoms with Crippen LogP contribution in [0.5, 0.6) is 0 Å². The van der Waals surface area contributed by atoms with E-state index in [0.717, 1.165) is 0 Å². The van der Waals surface area contributed by atoms with Crippen LogP contribution in [-0.2, 0) is 5.41 Å². The fourth-order valence-corrected chi connectivity index (χ4v) is 9.73. The van der Waals surface area contributed by atoms with Crippen molar-refractivity contribution in [3.63, 3.8) is 0 Å². The first-order chi connectivity index (χ1) is 30.8. The van der Waals surface area contributed by atoms with E-state index in [4.69, 9.17) is 0 Å². The molecular weight excluding hydrogens is 761 g/mol. The largest absolute Gasteiger partial charge is 0.344 e. The molecule has 11 rings (SSSR count). The molecule has 0 unspecified atom stereocenters. The highest BCUT2D eigenvalue weighted by Crippen LogP contribution is 2.49. The Morgan fingerprint density at radius 1 is 0.333 bits per heavy atom. The predicted octanol–water partition coefficient (Wildman–Crippen LogP) is 16.2. The highest BCUT2D eigenvalue weighted by molar-refractivity contribution is 5.92. The monoisotopic (exact) mass is 808 g/mol. The van der Waals surface area contributed by atoms with Gasteiger partial charge >= 0.3 is 0 Å². The number of benzene rings is 8. The molecule has 0 bridgehead atoms. The molecule has 8 aromatic carbocycles. The number of rotatable bonds is 6. The van der Waals surface area contributed by atoms with Crippen molar-refractivity contribution in [2.24, 2.45) is 0 Å². The Kier molecular flexibility index (Phi) is 9.32. The number of anilines is 4. The Labute approximate surface area is 371 Å². The van der Waals surface area contributed by atoms with E-state index >= 15 is 0 Å². The smallest absolute Gasteiger partial charge is 0.0488 e. The van der Waals surface area contributed by atoms with Crippen LogP contribution < -0.4 is 9.80 Å². The van der Waals surface area contributed by atoms with Crippen molar-refractivity contribution in [1.29, 1.82) is 0 Å². The third kappa shape index (κ3) is 6.95. The normalized spacial score (nSPS) is 14.2. The van der Waals surface area contributed by atoms with Gasteiger partial charge in [-0.2, -0.15) is 0 Å². The molecule has 0 saturated heterocycles. The fraction of sp³-hybridized carbons (Fsp3) is 0.0820. The summed E-state index contributed by atoms with van der Waals surface area (Å²) < 4.78 is 0. The number of nitrogens with zero attached hydrogens (tertiary/aromatic N) is 2. The molecule has 0 spiro atoms. The standard InChI is InChI=1S/C61H48N2/c1-61(2)55-37-43(15-13-41-17-23-45(24-18-41)51-33-31-49-29-27-47-9-5-7-11-57(47)62(3)59(49)39-51)21-35-53(55)54-36-22-44(38-56(54)61)16-14-42-19-25-46(26-20-42)52-34-32-50-30-28-48-10-6-8-12-58(48)63(4)60(50)40-52/h5-40H,1-4H3/b15-13+,16-14+. The Bertz CT molecular complexity index is 2990. The maximum absolute atomic E-state index is 2.38. The fourth-order valence-electron chi connectivity index (χ4n) is 9.73. The van der Waals surface area contributed by atoms with Crippen molar-refractivity contribution in [2.75, 3.05) is 23.9 Å². The van der Waals surface area contributed by atoms with E-state index in [2.05, 4.69) is 256 Å². The molecule has 0 amide bonds. The minimum atomic E-state index is -0.110. The zero-order chi connectivity index (χ0) is 42.7. The lowest BCUT2D eigenvalue weighted by atomic mass is 9.81. The average Bonchev–Trinajstić information content (AvgIpc) is 3.40. The summed E-state index contributed by atoms with van der Waals surface area (Å²) in [5, 5.41) is 0. The number of hydrogen-bond acceptors (Lipinski definition) is 2. The van der Waals surface area contributed by atoms with Crippen LogP contribution in [-0.4, -0.2) is 14.1 Å². The van der Waals surface area contributed by atoms with Gasteiger partial charge in [-0.15, -0.1) is 0 Å². The minimum Gasteiger partial charge on any atom is -0.344 e. The summed E-state index contributed by atoms with van der Waals surface area (Å²) in [6.07, 6.45) is 17.8. The van der Waals surface area contributed by atoms with E-state index in [9.17, 15) is 0 Å². The second-order valence-electron chi connectivity index (χ2n) is 17.6. The average molecular weight is 809 g/mol. The third-order valence-electron chi connectivity index (χ3n) is 13.4. The van der Waals surface area contributed by atoms with Crippen molar-refractivity contribution in [3.8, 4) is 33.4 Å². The van der Waals surface area contributed by atoms with Crippen molar-refractivity contribution in [2.45, 2.75) is 19.3 Å². The van der Waals surface area contributed by atoms with E-state index in [0.29, 0.717) is 0 Å². The topological polar surface area (TPSA) is 6.48 Å². The first-order valence-corrected chi connectivity index (χ1v) is 21.9. The number of fused-ring (bicyclic) bond motifs is 7. The quantitative estimate of drug-likeness (QED) is 0.154. The van der Waals surface area contributed by atoms with Gasteiger partial charge in [0.05, 0.1) is 0 Å². The maximum Gasteiger partial charge on any atom is 0.0488 e. The molecule has 302 valence electrons. The van der Waals surface area contributed by atoms with Gasteiger partial charge in [-0.05, 0) is 113 Å². The van der Waals surface area contributed by atoms with E-state index in [1.54, 1.807) is 0 Å². The molecule has 8 aromatic rings. The Morgan fingerprint density at radius 3 is 1.11 bits per heavy atom. The highest BCUT2D eigenvalue weighted by atomic mass is 15.1.